The van der Waals surface area contributed by atoms with E-state index in [0.717, 1.165) is 27.6 Å². The number of carbonyl (C=O) groups is 1. The second-order valence-electron chi connectivity index (χ2n) is 5.74. The molecule has 0 radical (unpaired) electrons. The molecule has 3 nitrogen and oxygen atoms in total. The van der Waals surface area contributed by atoms with E-state index in [1.165, 1.54) is 0 Å². The van der Waals surface area contributed by atoms with Crippen molar-refractivity contribution < 1.29 is 4.79 Å². The molecule has 0 saturated heterocycles. The van der Waals surface area contributed by atoms with Gasteiger partial charge >= 0.3 is 0 Å². The Morgan fingerprint density at radius 3 is 2.28 bits per heavy atom. The number of pyridine rings is 1. The molecule has 0 spiro atoms. The maximum Gasteiger partial charge on any atom is 0.274 e. The van der Waals surface area contributed by atoms with Gasteiger partial charge in [-0.25, -0.2) is 0 Å². The van der Waals surface area contributed by atoms with Crippen molar-refractivity contribution in [2.45, 2.75) is 0 Å². The molecular formula is C22H16N2O. The van der Waals surface area contributed by atoms with E-state index in [9.17, 15) is 4.79 Å². The highest BCUT2D eigenvalue weighted by Crippen LogP contribution is 2.34. The highest BCUT2D eigenvalue weighted by molar-refractivity contribution is 6.12. The lowest BCUT2D eigenvalue weighted by molar-refractivity contribution is 0.102. The SMILES string of the molecule is O=C(Nc1cccc2cccc(-c3ccccc3)c12)c1ccccn1. The van der Waals surface area contributed by atoms with E-state index in [1.54, 1.807) is 24.4 Å². The van der Waals surface area contributed by atoms with Crippen LogP contribution in [-0.2, 0) is 0 Å². The Kier molecular flexibility index (Phi) is 3.97. The standard InChI is InChI=1S/C22H16N2O/c25-22(20-13-4-5-15-23-20)24-19-14-7-11-17-10-6-12-18(21(17)19)16-8-2-1-3-9-16/h1-15H,(H,24,25). The first-order chi connectivity index (χ1) is 12.3. The van der Waals surface area contributed by atoms with Crippen molar-refractivity contribution in [3.05, 3.63) is 96.8 Å². The number of carbonyl (C=O) groups excluding carboxylic acids is 1. The summed E-state index contributed by atoms with van der Waals surface area (Å²) < 4.78 is 0. The van der Waals surface area contributed by atoms with Crippen LogP contribution in [0, 0.1) is 0 Å². The van der Waals surface area contributed by atoms with Gasteiger partial charge in [-0.15, -0.1) is 0 Å². The van der Waals surface area contributed by atoms with Crippen LogP contribution in [0.1, 0.15) is 10.5 Å². The highest BCUT2D eigenvalue weighted by atomic mass is 16.1. The predicted octanol–water partition coefficient (Wildman–Crippen LogP) is 5.15. The van der Waals surface area contributed by atoms with Gasteiger partial charge in [0.05, 0.1) is 0 Å². The number of rotatable bonds is 3. The third-order valence-corrected chi connectivity index (χ3v) is 4.14. The minimum atomic E-state index is -0.212. The largest absolute Gasteiger partial charge is 0.320 e. The first-order valence-corrected chi connectivity index (χ1v) is 8.12. The molecule has 0 aliphatic carbocycles. The summed E-state index contributed by atoms with van der Waals surface area (Å²) in [4.78, 5) is 16.7. The molecule has 0 aliphatic rings. The molecule has 0 saturated carbocycles. The van der Waals surface area contributed by atoms with Crippen LogP contribution in [-0.4, -0.2) is 10.9 Å². The zero-order valence-electron chi connectivity index (χ0n) is 13.5. The molecule has 4 rings (SSSR count). The van der Waals surface area contributed by atoms with E-state index in [0.29, 0.717) is 5.69 Å². The molecule has 3 aromatic carbocycles. The Labute approximate surface area is 146 Å². The van der Waals surface area contributed by atoms with Gasteiger partial charge in [-0.1, -0.05) is 66.7 Å². The molecule has 0 fully saturated rings. The summed E-state index contributed by atoms with van der Waals surface area (Å²) >= 11 is 0. The first-order valence-electron chi connectivity index (χ1n) is 8.12. The Hall–Kier alpha value is -3.46. The lowest BCUT2D eigenvalue weighted by Gasteiger charge is -2.13. The molecule has 120 valence electrons. The minimum absolute atomic E-state index is 0.212. The van der Waals surface area contributed by atoms with Crippen LogP contribution in [0.15, 0.2) is 91.1 Å². The number of nitrogens with one attached hydrogen (secondary N) is 1. The second kappa shape index (κ2) is 6.57. The quantitative estimate of drug-likeness (QED) is 0.566. The van der Waals surface area contributed by atoms with Gasteiger partial charge < -0.3 is 5.32 Å². The molecule has 0 aliphatic heterocycles. The molecule has 1 N–H and O–H groups in total. The number of amides is 1. The van der Waals surface area contributed by atoms with Crippen molar-refractivity contribution in [3.63, 3.8) is 0 Å². The van der Waals surface area contributed by atoms with E-state index in [4.69, 9.17) is 0 Å². The number of aromatic nitrogens is 1. The van der Waals surface area contributed by atoms with Crippen LogP contribution in [0.4, 0.5) is 5.69 Å². The molecule has 0 bridgehead atoms. The summed E-state index contributed by atoms with van der Waals surface area (Å²) in [5.74, 6) is -0.212. The zero-order valence-corrected chi connectivity index (χ0v) is 13.5. The summed E-state index contributed by atoms with van der Waals surface area (Å²) in [6.45, 7) is 0. The Balaban J connectivity index is 1.83. The molecule has 0 unspecified atom stereocenters. The molecule has 1 aromatic heterocycles. The van der Waals surface area contributed by atoms with Crippen LogP contribution < -0.4 is 5.32 Å². The zero-order chi connectivity index (χ0) is 17.1. The van der Waals surface area contributed by atoms with Crippen molar-refractivity contribution in [2.75, 3.05) is 5.32 Å². The van der Waals surface area contributed by atoms with Crippen molar-refractivity contribution in [1.82, 2.24) is 4.98 Å². The van der Waals surface area contributed by atoms with Crippen LogP contribution in [0.2, 0.25) is 0 Å². The summed E-state index contributed by atoms with van der Waals surface area (Å²) in [7, 11) is 0. The summed E-state index contributed by atoms with van der Waals surface area (Å²) in [5, 5.41) is 5.12. The lowest BCUT2D eigenvalue weighted by atomic mass is 9.97. The molecule has 4 aromatic rings. The van der Waals surface area contributed by atoms with Crippen molar-refractivity contribution in [2.24, 2.45) is 0 Å². The number of fused-ring (bicyclic) bond motifs is 1. The minimum Gasteiger partial charge on any atom is -0.320 e. The molecule has 1 amide bonds. The number of hydrogen-bond donors (Lipinski definition) is 1. The third kappa shape index (κ3) is 3.00. The second-order valence-corrected chi connectivity index (χ2v) is 5.74. The van der Waals surface area contributed by atoms with Crippen molar-refractivity contribution in [1.29, 1.82) is 0 Å². The van der Waals surface area contributed by atoms with E-state index < -0.39 is 0 Å². The van der Waals surface area contributed by atoms with Gasteiger partial charge in [0.25, 0.3) is 5.91 Å². The molecule has 0 atom stereocenters. The Morgan fingerprint density at radius 1 is 0.760 bits per heavy atom. The summed E-state index contributed by atoms with van der Waals surface area (Å²) in [6, 6.07) is 27.6. The topological polar surface area (TPSA) is 42.0 Å². The molecular weight excluding hydrogens is 308 g/mol. The van der Waals surface area contributed by atoms with E-state index >= 15 is 0 Å². The first kappa shape index (κ1) is 15.1. The normalized spacial score (nSPS) is 10.6. The summed E-state index contributed by atoms with van der Waals surface area (Å²) in [5.41, 5.74) is 3.40. The van der Waals surface area contributed by atoms with Gasteiger partial charge in [0.1, 0.15) is 5.69 Å². The monoisotopic (exact) mass is 324 g/mol. The average Bonchev–Trinajstić information content (AvgIpc) is 2.69. The number of nitrogens with zero attached hydrogens (tertiary/aromatic N) is 1. The highest BCUT2D eigenvalue weighted by Gasteiger charge is 2.12. The van der Waals surface area contributed by atoms with Crippen LogP contribution in [0.5, 0.6) is 0 Å². The van der Waals surface area contributed by atoms with Gasteiger partial charge in [0, 0.05) is 17.3 Å². The van der Waals surface area contributed by atoms with Crippen LogP contribution in [0.3, 0.4) is 0 Å². The fraction of sp³-hybridized carbons (Fsp3) is 0. The van der Waals surface area contributed by atoms with E-state index in [2.05, 4.69) is 40.6 Å². The molecule has 1 heterocycles. The van der Waals surface area contributed by atoms with Gasteiger partial charge in [-0.05, 0) is 34.7 Å². The number of benzene rings is 3. The molecule has 3 heteroatoms. The summed E-state index contributed by atoms with van der Waals surface area (Å²) in [6.07, 6.45) is 1.62. The maximum atomic E-state index is 12.5. The fourth-order valence-corrected chi connectivity index (χ4v) is 2.99. The predicted molar refractivity (Wildman–Crippen MR) is 102 cm³/mol. The number of hydrogen-bond acceptors (Lipinski definition) is 2. The van der Waals surface area contributed by atoms with Crippen molar-refractivity contribution >= 4 is 22.4 Å². The fourth-order valence-electron chi connectivity index (χ4n) is 2.99. The van der Waals surface area contributed by atoms with Gasteiger partial charge in [-0.2, -0.15) is 0 Å². The Morgan fingerprint density at radius 2 is 1.52 bits per heavy atom. The van der Waals surface area contributed by atoms with E-state index in [1.807, 2.05) is 36.4 Å². The average molecular weight is 324 g/mol. The Bertz CT molecular complexity index is 1020. The lowest BCUT2D eigenvalue weighted by Crippen LogP contribution is -2.13. The van der Waals surface area contributed by atoms with Crippen LogP contribution >= 0.6 is 0 Å². The van der Waals surface area contributed by atoms with Crippen molar-refractivity contribution in [3.8, 4) is 11.1 Å². The van der Waals surface area contributed by atoms with Crippen LogP contribution in [0.25, 0.3) is 21.9 Å². The molecule has 25 heavy (non-hydrogen) atoms. The smallest absolute Gasteiger partial charge is 0.274 e. The number of anilines is 1. The van der Waals surface area contributed by atoms with Gasteiger partial charge in [0.2, 0.25) is 0 Å². The van der Waals surface area contributed by atoms with E-state index in [-0.39, 0.29) is 5.91 Å². The van der Waals surface area contributed by atoms with Gasteiger partial charge in [0.15, 0.2) is 0 Å². The maximum absolute atomic E-state index is 12.5. The van der Waals surface area contributed by atoms with Gasteiger partial charge in [-0.3, -0.25) is 9.78 Å². The third-order valence-electron chi connectivity index (χ3n) is 4.14.